The maximum absolute atomic E-state index is 11.7. The Morgan fingerprint density at radius 2 is 2.10 bits per heavy atom. The molecule has 0 fully saturated rings. The number of aryl methyl sites for hydroxylation is 1. The number of carbonyl (C=O) groups excluding carboxylic acids is 1. The van der Waals surface area contributed by atoms with Crippen LogP contribution in [0.1, 0.15) is 31.5 Å². The second-order valence-electron chi connectivity index (χ2n) is 5.02. The summed E-state index contributed by atoms with van der Waals surface area (Å²) in [5.41, 5.74) is 0.842. The quantitative estimate of drug-likeness (QED) is 0.739. The molecule has 2 amide bonds. The number of aromatic nitrogens is 1. The van der Waals surface area contributed by atoms with Gasteiger partial charge in [0.05, 0.1) is 17.7 Å². The number of carboxylic acid groups (broad SMARTS) is 1. The Balaban J connectivity index is 2.45. The van der Waals surface area contributed by atoms with Crippen molar-refractivity contribution >= 4 is 12.0 Å². The van der Waals surface area contributed by atoms with E-state index in [2.05, 4.69) is 15.6 Å². The smallest absolute Gasteiger partial charge is 0.315 e. The average Bonchev–Trinajstić information content (AvgIpc) is 2.43. The molecule has 1 heterocycles. The molecule has 1 aromatic heterocycles. The van der Waals surface area contributed by atoms with Crippen LogP contribution in [-0.4, -0.2) is 28.6 Å². The molecule has 0 spiro atoms. The molecule has 0 aliphatic carbocycles. The highest BCUT2D eigenvalue weighted by Gasteiger charge is 2.31. The SMILES string of the molecule is CCC(C)(CNC(=O)NCc1ncccc1C)C(=O)O. The first kappa shape index (κ1) is 15.9. The van der Waals surface area contributed by atoms with E-state index in [1.54, 1.807) is 20.0 Å². The minimum atomic E-state index is -0.946. The van der Waals surface area contributed by atoms with Gasteiger partial charge in [-0.2, -0.15) is 0 Å². The number of rotatable bonds is 6. The zero-order chi connectivity index (χ0) is 15.2. The molecule has 1 unspecified atom stereocenters. The Morgan fingerprint density at radius 1 is 1.40 bits per heavy atom. The Hall–Kier alpha value is -2.11. The Kier molecular flexibility index (Phi) is 5.49. The van der Waals surface area contributed by atoms with Crippen molar-refractivity contribution in [1.29, 1.82) is 0 Å². The van der Waals surface area contributed by atoms with Gasteiger partial charge in [-0.05, 0) is 31.9 Å². The lowest BCUT2D eigenvalue weighted by Gasteiger charge is -2.23. The molecule has 1 aromatic rings. The van der Waals surface area contributed by atoms with E-state index in [1.165, 1.54) is 0 Å². The topological polar surface area (TPSA) is 91.3 Å². The fourth-order valence-electron chi connectivity index (χ4n) is 1.56. The summed E-state index contributed by atoms with van der Waals surface area (Å²) in [5, 5.41) is 14.4. The number of nitrogens with zero attached hydrogens (tertiary/aromatic N) is 1. The number of pyridine rings is 1. The van der Waals surface area contributed by atoms with Crippen molar-refractivity contribution in [3.8, 4) is 0 Å². The van der Waals surface area contributed by atoms with E-state index in [0.717, 1.165) is 11.3 Å². The standard InChI is InChI=1S/C14H21N3O3/c1-4-14(3,12(18)19)9-17-13(20)16-8-11-10(2)6-5-7-15-11/h5-7H,4,8-9H2,1-3H3,(H,18,19)(H2,16,17,20). The van der Waals surface area contributed by atoms with Gasteiger partial charge in [-0.25, -0.2) is 4.79 Å². The Labute approximate surface area is 118 Å². The molecule has 0 aliphatic rings. The molecule has 0 aromatic carbocycles. The number of urea groups is 1. The van der Waals surface area contributed by atoms with Crippen LogP contribution in [0, 0.1) is 12.3 Å². The molecule has 1 rings (SSSR count). The maximum atomic E-state index is 11.7. The van der Waals surface area contributed by atoms with E-state index in [-0.39, 0.29) is 6.54 Å². The van der Waals surface area contributed by atoms with Crippen molar-refractivity contribution in [3.63, 3.8) is 0 Å². The third-order valence-corrected chi connectivity index (χ3v) is 3.47. The van der Waals surface area contributed by atoms with E-state index >= 15 is 0 Å². The molecule has 0 saturated carbocycles. The van der Waals surface area contributed by atoms with Crippen LogP contribution < -0.4 is 10.6 Å². The molecule has 0 aliphatic heterocycles. The zero-order valence-electron chi connectivity index (χ0n) is 12.1. The largest absolute Gasteiger partial charge is 0.481 e. The van der Waals surface area contributed by atoms with Gasteiger partial charge in [-0.3, -0.25) is 9.78 Å². The minimum Gasteiger partial charge on any atom is -0.481 e. The van der Waals surface area contributed by atoms with Crippen molar-refractivity contribution in [3.05, 3.63) is 29.6 Å². The first-order valence-electron chi connectivity index (χ1n) is 6.54. The van der Waals surface area contributed by atoms with Gasteiger partial charge < -0.3 is 15.7 Å². The first-order chi connectivity index (χ1) is 9.39. The van der Waals surface area contributed by atoms with Crippen molar-refractivity contribution in [2.45, 2.75) is 33.7 Å². The van der Waals surface area contributed by atoms with Crippen molar-refractivity contribution in [1.82, 2.24) is 15.6 Å². The summed E-state index contributed by atoms with van der Waals surface area (Å²) < 4.78 is 0. The monoisotopic (exact) mass is 279 g/mol. The number of hydrogen-bond donors (Lipinski definition) is 3. The van der Waals surface area contributed by atoms with Gasteiger partial charge in [-0.1, -0.05) is 13.0 Å². The predicted octanol–water partition coefficient (Wildman–Crippen LogP) is 1.69. The second kappa shape index (κ2) is 6.88. The van der Waals surface area contributed by atoms with E-state index in [4.69, 9.17) is 5.11 Å². The number of hydrogen-bond acceptors (Lipinski definition) is 3. The second-order valence-corrected chi connectivity index (χ2v) is 5.02. The van der Waals surface area contributed by atoms with Crippen LogP contribution in [0.5, 0.6) is 0 Å². The van der Waals surface area contributed by atoms with Gasteiger partial charge in [-0.15, -0.1) is 0 Å². The van der Waals surface area contributed by atoms with Crippen LogP contribution in [-0.2, 0) is 11.3 Å². The number of amides is 2. The lowest BCUT2D eigenvalue weighted by atomic mass is 9.88. The van der Waals surface area contributed by atoms with E-state index < -0.39 is 17.4 Å². The van der Waals surface area contributed by atoms with Crippen molar-refractivity contribution in [2.75, 3.05) is 6.54 Å². The van der Waals surface area contributed by atoms with Gasteiger partial charge >= 0.3 is 12.0 Å². The third-order valence-electron chi connectivity index (χ3n) is 3.47. The molecule has 20 heavy (non-hydrogen) atoms. The van der Waals surface area contributed by atoms with Crippen LogP contribution in [0.2, 0.25) is 0 Å². The van der Waals surface area contributed by atoms with Gasteiger partial charge in [0.1, 0.15) is 0 Å². The normalized spacial score (nSPS) is 13.3. The number of carboxylic acids is 1. The summed E-state index contributed by atoms with van der Waals surface area (Å²) in [6.07, 6.45) is 2.11. The average molecular weight is 279 g/mol. The molecule has 6 nitrogen and oxygen atoms in total. The number of nitrogens with one attached hydrogen (secondary N) is 2. The van der Waals surface area contributed by atoms with Crippen LogP contribution >= 0.6 is 0 Å². The van der Waals surface area contributed by atoms with Crippen LogP contribution in [0.4, 0.5) is 4.79 Å². The summed E-state index contributed by atoms with van der Waals surface area (Å²) in [5.74, 6) is -0.916. The van der Waals surface area contributed by atoms with E-state index in [0.29, 0.717) is 13.0 Å². The molecule has 0 bridgehead atoms. The highest BCUT2D eigenvalue weighted by atomic mass is 16.4. The summed E-state index contributed by atoms with van der Waals surface area (Å²) in [7, 11) is 0. The Bertz CT molecular complexity index is 490. The zero-order valence-corrected chi connectivity index (χ0v) is 12.1. The molecule has 0 radical (unpaired) electrons. The van der Waals surface area contributed by atoms with E-state index in [1.807, 2.05) is 19.1 Å². The molecule has 1 atom stereocenters. The maximum Gasteiger partial charge on any atom is 0.315 e. The fraction of sp³-hybridized carbons (Fsp3) is 0.500. The lowest BCUT2D eigenvalue weighted by Crippen LogP contribution is -2.44. The van der Waals surface area contributed by atoms with Gasteiger partial charge in [0.25, 0.3) is 0 Å². The van der Waals surface area contributed by atoms with Crippen LogP contribution in [0.25, 0.3) is 0 Å². The lowest BCUT2D eigenvalue weighted by molar-refractivity contribution is -0.147. The predicted molar refractivity (Wildman–Crippen MR) is 75.2 cm³/mol. The van der Waals surface area contributed by atoms with E-state index in [9.17, 15) is 9.59 Å². The summed E-state index contributed by atoms with van der Waals surface area (Å²) in [6.45, 7) is 5.71. The van der Waals surface area contributed by atoms with Crippen LogP contribution in [0.15, 0.2) is 18.3 Å². The fourth-order valence-corrected chi connectivity index (χ4v) is 1.56. The third kappa shape index (κ3) is 4.22. The van der Waals surface area contributed by atoms with Crippen molar-refractivity contribution < 1.29 is 14.7 Å². The summed E-state index contributed by atoms with van der Waals surface area (Å²) in [4.78, 5) is 26.9. The summed E-state index contributed by atoms with van der Waals surface area (Å²) in [6, 6.07) is 3.36. The molecular formula is C14H21N3O3. The molecule has 0 saturated heterocycles. The molecule has 3 N–H and O–H groups in total. The number of aliphatic carboxylic acids is 1. The highest BCUT2D eigenvalue weighted by Crippen LogP contribution is 2.19. The van der Waals surface area contributed by atoms with Crippen molar-refractivity contribution in [2.24, 2.45) is 5.41 Å². The minimum absolute atomic E-state index is 0.0892. The summed E-state index contributed by atoms with van der Waals surface area (Å²) >= 11 is 0. The van der Waals surface area contributed by atoms with Gasteiger partial charge in [0.15, 0.2) is 0 Å². The Morgan fingerprint density at radius 3 is 2.65 bits per heavy atom. The number of carbonyl (C=O) groups is 2. The van der Waals surface area contributed by atoms with Crippen LogP contribution in [0.3, 0.4) is 0 Å². The molecule has 110 valence electrons. The molecule has 6 heteroatoms. The highest BCUT2D eigenvalue weighted by molar-refractivity contribution is 5.77. The first-order valence-corrected chi connectivity index (χ1v) is 6.54. The molecular weight excluding hydrogens is 258 g/mol. The van der Waals surface area contributed by atoms with Gasteiger partial charge in [0.2, 0.25) is 0 Å². The van der Waals surface area contributed by atoms with Gasteiger partial charge in [0, 0.05) is 12.7 Å².